The predicted octanol–water partition coefficient (Wildman–Crippen LogP) is 3.90. The molecule has 0 bridgehead atoms. The van der Waals surface area contributed by atoms with Crippen molar-refractivity contribution in [3.63, 3.8) is 0 Å². The quantitative estimate of drug-likeness (QED) is 0.520. The number of carbonyl (C=O) groups is 2. The zero-order chi connectivity index (χ0) is 19.3. The SMILES string of the molecule is CC(C)(C)C(=O)Nc1ccc(C(=O)NN=Cc2cc(Br)ccc2O)cc1. The van der Waals surface area contributed by atoms with Gasteiger partial charge in [0.05, 0.1) is 6.21 Å². The van der Waals surface area contributed by atoms with Crippen molar-refractivity contribution in [1.29, 1.82) is 0 Å². The summed E-state index contributed by atoms with van der Waals surface area (Å²) in [7, 11) is 0. The monoisotopic (exact) mass is 417 g/mol. The normalized spacial score (nSPS) is 11.4. The fourth-order valence-corrected chi connectivity index (χ4v) is 2.26. The number of benzene rings is 2. The lowest BCUT2D eigenvalue weighted by Gasteiger charge is -2.17. The number of anilines is 1. The molecule has 0 radical (unpaired) electrons. The summed E-state index contributed by atoms with van der Waals surface area (Å²) in [6, 6.07) is 11.4. The van der Waals surface area contributed by atoms with Crippen molar-refractivity contribution in [3.8, 4) is 5.75 Å². The molecule has 0 unspecified atom stereocenters. The van der Waals surface area contributed by atoms with E-state index in [0.717, 1.165) is 4.47 Å². The first-order chi connectivity index (χ1) is 12.2. The van der Waals surface area contributed by atoms with Crippen LogP contribution in [0.4, 0.5) is 5.69 Å². The second kappa shape index (κ2) is 8.14. The van der Waals surface area contributed by atoms with E-state index in [1.165, 1.54) is 12.3 Å². The first-order valence-corrected chi connectivity index (χ1v) is 8.69. The number of phenols is 1. The Kier molecular flexibility index (Phi) is 6.15. The van der Waals surface area contributed by atoms with E-state index in [4.69, 9.17) is 0 Å². The Balaban J connectivity index is 1.98. The summed E-state index contributed by atoms with van der Waals surface area (Å²) in [5, 5.41) is 16.4. The number of carbonyl (C=O) groups excluding carboxylic acids is 2. The molecule has 0 aliphatic carbocycles. The van der Waals surface area contributed by atoms with Crippen LogP contribution in [0.25, 0.3) is 0 Å². The molecule has 0 aliphatic rings. The minimum atomic E-state index is -0.497. The molecule has 6 nitrogen and oxygen atoms in total. The third kappa shape index (κ3) is 5.42. The maximum atomic E-state index is 12.1. The van der Waals surface area contributed by atoms with Crippen LogP contribution in [0, 0.1) is 5.41 Å². The molecule has 26 heavy (non-hydrogen) atoms. The summed E-state index contributed by atoms with van der Waals surface area (Å²) in [5.41, 5.74) is 3.38. The molecule has 3 N–H and O–H groups in total. The molecule has 2 aromatic rings. The van der Waals surface area contributed by atoms with Crippen molar-refractivity contribution >= 4 is 39.6 Å². The van der Waals surface area contributed by atoms with Gasteiger partial charge in [0.15, 0.2) is 0 Å². The minimum Gasteiger partial charge on any atom is -0.507 e. The van der Waals surface area contributed by atoms with Crippen LogP contribution in [0.5, 0.6) is 5.75 Å². The van der Waals surface area contributed by atoms with Crippen LogP contribution in [0.3, 0.4) is 0 Å². The lowest BCUT2D eigenvalue weighted by Crippen LogP contribution is -2.27. The largest absolute Gasteiger partial charge is 0.507 e. The summed E-state index contributed by atoms with van der Waals surface area (Å²) in [6.45, 7) is 5.47. The van der Waals surface area contributed by atoms with Gasteiger partial charge in [-0.15, -0.1) is 0 Å². The average Bonchev–Trinajstić information content (AvgIpc) is 2.57. The van der Waals surface area contributed by atoms with Gasteiger partial charge in [0.25, 0.3) is 5.91 Å². The van der Waals surface area contributed by atoms with Crippen LogP contribution in [0.15, 0.2) is 52.0 Å². The molecule has 2 aromatic carbocycles. The van der Waals surface area contributed by atoms with Gasteiger partial charge in [-0.05, 0) is 42.5 Å². The number of hydrogen-bond donors (Lipinski definition) is 3. The molecule has 0 aromatic heterocycles. The van der Waals surface area contributed by atoms with E-state index in [0.29, 0.717) is 16.8 Å². The van der Waals surface area contributed by atoms with E-state index in [1.807, 2.05) is 20.8 Å². The van der Waals surface area contributed by atoms with Gasteiger partial charge in [0.2, 0.25) is 5.91 Å². The highest BCUT2D eigenvalue weighted by molar-refractivity contribution is 9.10. The smallest absolute Gasteiger partial charge is 0.271 e. The lowest BCUT2D eigenvalue weighted by atomic mass is 9.95. The number of rotatable bonds is 4. The Hall–Kier alpha value is -2.67. The molecule has 136 valence electrons. The van der Waals surface area contributed by atoms with E-state index < -0.39 is 11.3 Å². The highest BCUT2D eigenvalue weighted by Crippen LogP contribution is 2.20. The summed E-state index contributed by atoms with van der Waals surface area (Å²) >= 11 is 3.30. The standard InChI is InChI=1S/C19H20BrN3O3/c1-19(2,3)18(26)22-15-7-4-12(5-8-15)17(25)23-21-11-13-10-14(20)6-9-16(13)24/h4-11,24H,1-3H3,(H,22,26)(H,23,25). The van der Waals surface area contributed by atoms with Gasteiger partial charge < -0.3 is 10.4 Å². The molecule has 2 rings (SSSR count). The molecule has 0 atom stereocenters. The Morgan fingerprint density at radius 3 is 2.38 bits per heavy atom. The second-order valence-electron chi connectivity index (χ2n) is 6.68. The third-order valence-corrected chi connectivity index (χ3v) is 3.94. The van der Waals surface area contributed by atoms with Crippen molar-refractivity contribution in [3.05, 3.63) is 58.1 Å². The van der Waals surface area contributed by atoms with Crippen LogP contribution >= 0.6 is 15.9 Å². The molecular formula is C19H20BrN3O3. The number of hydrogen-bond acceptors (Lipinski definition) is 4. The molecule has 0 saturated carbocycles. The van der Waals surface area contributed by atoms with Gasteiger partial charge in [0, 0.05) is 26.7 Å². The average molecular weight is 418 g/mol. The molecule has 2 amide bonds. The molecule has 0 heterocycles. The van der Waals surface area contributed by atoms with Crippen LogP contribution < -0.4 is 10.7 Å². The maximum absolute atomic E-state index is 12.1. The summed E-state index contributed by atoms with van der Waals surface area (Å²) in [6.07, 6.45) is 1.36. The van der Waals surface area contributed by atoms with E-state index in [9.17, 15) is 14.7 Å². The lowest BCUT2D eigenvalue weighted by molar-refractivity contribution is -0.123. The Morgan fingerprint density at radius 2 is 1.77 bits per heavy atom. The molecule has 0 saturated heterocycles. The zero-order valence-corrected chi connectivity index (χ0v) is 16.3. The number of hydrazone groups is 1. The van der Waals surface area contributed by atoms with Gasteiger partial charge in [0.1, 0.15) is 5.75 Å². The van der Waals surface area contributed by atoms with E-state index in [2.05, 4.69) is 31.8 Å². The van der Waals surface area contributed by atoms with Crippen molar-refractivity contribution in [2.24, 2.45) is 10.5 Å². The van der Waals surface area contributed by atoms with Crippen LogP contribution in [0.2, 0.25) is 0 Å². The number of aromatic hydroxyl groups is 1. The highest BCUT2D eigenvalue weighted by Gasteiger charge is 2.21. The summed E-state index contributed by atoms with van der Waals surface area (Å²) < 4.78 is 0.788. The van der Waals surface area contributed by atoms with Crippen molar-refractivity contribution in [1.82, 2.24) is 5.43 Å². The fourth-order valence-electron chi connectivity index (χ4n) is 1.88. The van der Waals surface area contributed by atoms with Gasteiger partial charge in [-0.25, -0.2) is 5.43 Å². The van der Waals surface area contributed by atoms with E-state index in [-0.39, 0.29) is 11.7 Å². The fraction of sp³-hybridized carbons (Fsp3) is 0.211. The van der Waals surface area contributed by atoms with Crippen molar-refractivity contribution in [2.45, 2.75) is 20.8 Å². The summed E-state index contributed by atoms with van der Waals surface area (Å²) in [4.78, 5) is 24.0. The van der Waals surface area contributed by atoms with E-state index in [1.54, 1.807) is 36.4 Å². The first kappa shape index (κ1) is 19.7. The van der Waals surface area contributed by atoms with Crippen LogP contribution in [0.1, 0.15) is 36.7 Å². The molecule has 0 aliphatic heterocycles. The number of amides is 2. The predicted molar refractivity (Wildman–Crippen MR) is 105 cm³/mol. The number of nitrogens with zero attached hydrogens (tertiary/aromatic N) is 1. The number of halogens is 1. The third-order valence-electron chi connectivity index (χ3n) is 3.45. The van der Waals surface area contributed by atoms with Crippen LogP contribution in [-0.4, -0.2) is 23.1 Å². The van der Waals surface area contributed by atoms with Gasteiger partial charge in [-0.1, -0.05) is 36.7 Å². The van der Waals surface area contributed by atoms with Gasteiger partial charge in [-0.2, -0.15) is 5.10 Å². The maximum Gasteiger partial charge on any atom is 0.271 e. The minimum absolute atomic E-state index is 0.0603. The number of nitrogens with one attached hydrogen (secondary N) is 2. The molecule has 0 spiro atoms. The topological polar surface area (TPSA) is 90.8 Å². The van der Waals surface area contributed by atoms with Crippen molar-refractivity contribution < 1.29 is 14.7 Å². The highest BCUT2D eigenvalue weighted by atomic mass is 79.9. The number of phenolic OH excluding ortho intramolecular Hbond substituents is 1. The Labute approximate surface area is 160 Å². The first-order valence-electron chi connectivity index (χ1n) is 7.90. The Morgan fingerprint density at radius 1 is 1.12 bits per heavy atom. The Bertz CT molecular complexity index is 840. The summed E-state index contributed by atoms with van der Waals surface area (Å²) in [5.74, 6) is -0.442. The van der Waals surface area contributed by atoms with Crippen LogP contribution in [-0.2, 0) is 4.79 Å². The molecule has 7 heteroatoms. The second-order valence-corrected chi connectivity index (χ2v) is 7.60. The van der Waals surface area contributed by atoms with Crippen molar-refractivity contribution in [2.75, 3.05) is 5.32 Å². The van der Waals surface area contributed by atoms with Gasteiger partial charge >= 0.3 is 0 Å². The molecular weight excluding hydrogens is 398 g/mol. The van der Waals surface area contributed by atoms with Gasteiger partial charge in [-0.3, -0.25) is 9.59 Å². The van der Waals surface area contributed by atoms with E-state index >= 15 is 0 Å². The zero-order valence-electron chi connectivity index (χ0n) is 14.7. The molecule has 0 fully saturated rings.